The van der Waals surface area contributed by atoms with Crippen LogP contribution in [0.3, 0.4) is 0 Å². The van der Waals surface area contributed by atoms with E-state index in [0.717, 1.165) is 5.56 Å². The Kier molecular flexibility index (Phi) is 4.28. The van der Waals surface area contributed by atoms with E-state index in [0.29, 0.717) is 12.2 Å². The first-order valence-electron chi connectivity index (χ1n) is 7.43. The van der Waals surface area contributed by atoms with Crippen LogP contribution in [0.25, 0.3) is 0 Å². The first-order chi connectivity index (χ1) is 11.5. The molecule has 3 rings (SSSR count). The second kappa shape index (κ2) is 6.53. The summed E-state index contributed by atoms with van der Waals surface area (Å²) in [6, 6.07) is 6.29. The Morgan fingerprint density at radius 3 is 2.71 bits per heavy atom. The molecule has 1 atom stereocenters. The Morgan fingerprint density at radius 2 is 2.08 bits per heavy atom. The molecule has 124 valence electrons. The van der Waals surface area contributed by atoms with Crippen LogP contribution in [0.1, 0.15) is 22.3 Å². The van der Waals surface area contributed by atoms with Gasteiger partial charge in [0.2, 0.25) is 11.8 Å². The minimum atomic E-state index is -0.991. The standard InChI is InChI=1S/C16H16N4O4/c21-14-5-12(9-20(14)13-7-18-19-8-13)15(22)17-6-10-1-3-11(4-2-10)16(23)24/h1-4,7-8,12H,5-6,9H2,(H,17,22)(H,18,19)(H,23,24)/t12-/m1/s1. The molecule has 1 aromatic heterocycles. The number of hydrogen-bond acceptors (Lipinski definition) is 4. The van der Waals surface area contributed by atoms with E-state index in [9.17, 15) is 14.4 Å². The second-order valence-electron chi connectivity index (χ2n) is 5.58. The summed E-state index contributed by atoms with van der Waals surface area (Å²) >= 11 is 0. The van der Waals surface area contributed by atoms with Crippen LogP contribution < -0.4 is 10.2 Å². The molecule has 0 bridgehead atoms. The van der Waals surface area contributed by atoms with E-state index in [2.05, 4.69) is 15.5 Å². The molecule has 0 radical (unpaired) electrons. The van der Waals surface area contributed by atoms with Gasteiger partial charge in [-0.15, -0.1) is 0 Å². The molecule has 3 N–H and O–H groups in total. The number of carboxylic acids is 1. The SMILES string of the molecule is O=C(O)c1ccc(CNC(=O)[C@@H]2CC(=O)N(c3cn[nH]c3)C2)cc1. The van der Waals surface area contributed by atoms with Gasteiger partial charge in [0, 0.05) is 25.7 Å². The smallest absolute Gasteiger partial charge is 0.335 e. The Labute approximate surface area is 137 Å². The highest BCUT2D eigenvalue weighted by Crippen LogP contribution is 2.24. The summed E-state index contributed by atoms with van der Waals surface area (Å²) in [6.07, 6.45) is 3.32. The number of hydrogen-bond donors (Lipinski definition) is 3. The van der Waals surface area contributed by atoms with Crippen molar-refractivity contribution in [2.24, 2.45) is 5.92 Å². The number of aromatic nitrogens is 2. The molecule has 1 saturated heterocycles. The summed E-state index contributed by atoms with van der Waals surface area (Å²) in [4.78, 5) is 36.6. The predicted molar refractivity (Wildman–Crippen MR) is 84.3 cm³/mol. The van der Waals surface area contributed by atoms with Crippen molar-refractivity contribution in [3.05, 3.63) is 47.8 Å². The first kappa shape index (κ1) is 15.7. The number of benzene rings is 1. The highest BCUT2D eigenvalue weighted by Gasteiger charge is 2.35. The summed E-state index contributed by atoms with van der Waals surface area (Å²) in [5.74, 6) is -1.71. The van der Waals surface area contributed by atoms with Gasteiger partial charge in [-0.05, 0) is 17.7 Å². The molecule has 24 heavy (non-hydrogen) atoms. The van der Waals surface area contributed by atoms with Crippen LogP contribution in [0.2, 0.25) is 0 Å². The number of carbonyl (C=O) groups excluding carboxylic acids is 2. The number of nitrogens with zero attached hydrogens (tertiary/aromatic N) is 2. The van der Waals surface area contributed by atoms with Gasteiger partial charge >= 0.3 is 5.97 Å². The van der Waals surface area contributed by atoms with Crippen LogP contribution in [-0.4, -0.2) is 39.6 Å². The lowest BCUT2D eigenvalue weighted by Gasteiger charge is -2.14. The number of aromatic amines is 1. The minimum absolute atomic E-state index is 0.109. The fraction of sp³-hybridized carbons (Fsp3) is 0.250. The number of nitrogens with one attached hydrogen (secondary N) is 2. The molecular weight excluding hydrogens is 312 g/mol. The molecule has 0 unspecified atom stereocenters. The van der Waals surface area contributed by atoms with Crippen molar-refractivity contribution in [3.8, 4) is 0 Å². The molecule has 8 heteroatoms. The Bertz CT molecular complexity index is 755. The Morgan fingerprint density at radius 1 is 1.33 bits per heavy atom. The molecule has 0 saturated carbocycles. The van der Waals surface area contributed by atoms with Crippen molar-refractivity contribution < 1.29 is 19.5 Å². The first-order valence-corrected chi connectivity index (χ1v) is 7.43. The maximum atomic E-state index is 12.2. The van der Waals surface area contributed by atoms with Crippen molar-refractivity contribution in [2.45, 2.75) is 13.0 Å². The fourth-order valence-electron chi connectivity index (χ4n) is 2.62. The number of carbonyl (C=O) groups is 3. The van der Waals surface area contributed by atoms with Gasteiger partial charge < -0.3 is 15.3 Å². The lowest BCUT2D eigenvalue weighted by molar-refractivity contribution is -0.126. The summed E-state index contributed by atoms with van der Waals surface area (Å²) in [7, 11) is 0. The largest absolute Gasteiger partial charge is 0.478 e. The zero-order valence-electron chi connectivity index (χ0n) is 12.7. The van der Waals surface area contributed by atoms with E-state index in [1.807, 2.05) is 0 Å². The molecule has 2 aromatic rings. The Balaban J connectivity index is 1.56. The van der Waals surface area contributed by atoms with Crippen LogP contribution >= 0.6 is 0 Å². The number of rotatable bonds is 5. The molecule has 0 spiro atoms. The third-order valence-corrected chi connectivity index (χ3v) is 3.96. The normalized spacial score (nSPS) is 17.1. The van der Waals surface area contributed by atoms with Gasteiger partial charge in [-0.3, -0.25) is 14.7 Å². The average Bonchev–Trinajstić information content (AvgIpc) is 3.22. The van der Waals surface area contributed by atoms with E-state index in [1.165, 1.54) is 17.0 Å². The third kappa shape index (κ3) is 3.27. The van der Waals surface area contributed by atoms with E-state index in [1.54, 1.807) is 24.5 Å². The number of carboxylic acid groups (broad SMARTS) is 1. The van der Waals surface area contributed by atoms with Crippen molar-refractivity contribution in [1.29, 1.82) is 0 Å². The van der Waals surface area contributed by atoms with Crippen LogP contribution in [0.15, 0.2) is 36.7 Å². The summed E-state index contributed by atoms with van der Waals surface area (Å²) in [6.45, 7) is 0.608. The maximum Gasteiger partial charge on any atom is 0.335 e. The molecular formula is C16H16N4O4. The van der Waals surface area contributed by atoms with Gasteiger partial charge in [0.15, 0.2) is 0 Å². The summed E-state index contributed by atoms with van der Waals surface area (Å²) < 4.78 is 0. The Hall–Kier alpha value is -3.16. The average molecular weight is 328 g/mol. The van der Waals surface area contributed by atoms with Gasteiger partial charge in [-0.1, -0.05) is 12.1 Å². The highest BCUT2D eigenvalue weighted by molar-refractivity contribution is 6.00. The van der Waals surface area contributed by atoms with Crippen molar-refractivity contribution in [2.75, 3.05) is 11.4 Å². The van der Waals surface area contributed by atoms with Crippen molar-refractivity contribution in [3.63, 3.8) is 0 Å². The maximum absolute atomic E-state index is 12.2. The number of anilines is 1. The van der Waals surface area contributed by atoms with E-state index in [4.69, 9.17) is 5.11 Å². The number of H-pyrrole nitrogens is 1. The number of amides is 2. The highest BCUT2D eigenvalue weighted by atomic mass is 16.4. The van der Waals surface area contributed by atoms with Gasteiger partial charge in [0.05, 0.1) is 23.4 Å². The van der Waals surface area contributed by atoms with Crippen LogP contribution in [0, 0.1) is 5.92 Å². The fourth-order valence-corrected chi connectivity index (χ4v) is 2.62. The molecule has 1 aliphatic rings. The molecule has 2 heterocycles. The lowest BCUT2D eigenvalue weighted by Crippen LogP contribution is -2.32. The monoisotopic (exact) mass is 328 g/mol. The molecule has 8 nitrogen and oxygen atoms in total. The van der Waals surface area contributed by atoms with E-state index < -0.39 is 11.9 Å². The quantitative estimate of drug-likeness (QED) is 0.750. The van der Waals surface area contributed by atoms with E-state index >= 15 is 0 Å². The zero-order chi connectivity index (χ0) is 17.1. The van der Waals surface area contributed by atoms with Crippen molar-refractivity contribution in [1.82, 2.24) is 15.5 Å². The zero-order valence-corrected chi connectivity index (χ0v) is 12.7. The minimum Gasteiger partial charge on any atom is -0.478 e. The van der Waals surface area contributed by atoms with E-state index in [-0.39, 0.29) is 30.3 Å². The topological polar surface area (TPSA) is 115 Å². The van der Waals surface area contributed by atoms with Crippen LogP contribution in [0.4, 0.5) is 5.69 Å². The predicted octanol–water partition coefficient (Wildman–Crippen LogP) is 0.777. The van der Waals surface area contributed by atoms with Gasteiger partial charge in [-0.25, -0.2) is 4.79 Å². The molecule has 0 aliphatic carbocycles. The number of aromatic carboxylic acids is 1. The summed E-state index contributed by atoms with van der Waals surface area (Å²) in [5, 5.41) is 18.1. The second-order valence-corrected chi connectivity index (χ2v) is 5.58. The lowest BCUT2D eigenvalue weighted by atomic mass is 10.1. The van der Waals surface area contributed by atoms with Gasteiger partial charge in [0.1, 0.15) is 0 Å². The van der Waals surface area contributed by atoms with Crippen LogP contribution in [0.5, 0.6) is 0 Å². The van der Waals surface area contributed by atoms with Crippen molar-refractivity contribution >= 4 is 23.5 Å². The molecule has 1 aliphatic heterocycles. The molecule has 1 fully saturated rings. The van der Waals surface area contributed by atoms with Crippen LogP contribution in [-0.2, 0) is 16.1 Å². The van der Waals surface area contributed by atoms with Gasteiger partial charge in [-0.2, -0.15) is 5.10 Å². The third-order valence-electron chi connectivity index (χ3n) is 3.96. The molecule has 2 amide bonds. The molecule has 1 aromatic carbocycles. The van der Waals surface area contributed by atoms with Gasteiger partial charge in [0.25, 0.3) is 0 Å². The summed E-state index contributed by atoms with van der Waals surface area (Å²) in [5.41, 5.74) is 1.64.